The molecule has 0 saturated heterocycles. The number of tetrazole rings is 1. The van der Waals surface area contributed by atoms with Crippen molar-refractivity contribution in [1.82, 2.24) is 25.3 Å². The zero-order valence-corrected chi connectivity index (χ0v) is 14.6. The summed E-state index contributed by atoms with van der Waals surface area (Å²) in [6.45, 7) is 2.93. The normalized spacial score (nSPS) is 11.9. The summed E-state index contributed by atoms with van der Waals surface area (Å²) in [7, 11) is 1.39. The Hall–Kier alpha value is -3.23. The smallest absolute Gasteiger partial charge is 0.310 e. The van der Waals surface area contributed by atoms with E-state index in [2.05, 4.69) is 25.9 Å². The summed E-state index contributed by atoms with van der Waals surface area (Å²) in [4.78, 5) is 12.1. The zero-order valence-electron chi connectivity index (χ0n) is 14.6. The van der Waals surface area contributed by atoms with Crippen LogP contribution in [-0.2, 0) is 16.0 Å². The van der Waals surface area contributed by atoms with E-state index >= 15 is 0 Å². The van der Waals surface area contributed by atoms with Gasteiger partial charge in [0.05, 0.1) is 19.6 Å². The third-order valence-electron chi connectivity index (χ3n) is 3.85. The van der Waals surface area contributed by atoms with E-state index < -0.39 is 0 Å². The molecular weight excluding hydrogens is 336 g/mol. The number of rotatable bonds is 8. The fourth-order valence-corrected chi connectivity index (χ4v) is 2.55. The Balaban J connectivity index is 1.66. The Morgan fingerprint density at radius 1 is 1.23 bits per heavy atom. The SMILES string of the molecule is CCOc1ccc(CC(CNc2ccc3nnnn3n2)C(=O)OC)cc1. The zero-order chi connectivity index (χ0) is 18.4. The van der Waals surface area contributed by atoms with Gasteiger partial charge in [0.25, 0.3) is 0 Å². The number of ether oxygens (including phenoxy) is 2. The lowest BCUT2D eigenvalue weighted by Crippen LogP contribution is -2.27. The summed E-state index contributed by atoms with van der Waals surface area (Å²) >= 11 is 0. The van der Waals surface area contributed by atoms with Crippen LogP contribution in [0.5, 0.6) is 5.75 Å². The molecule has 3 aromatic rings. The Kier molecular flexibility index (Phi) is 5.57. The van der Waals surface area contributed by atoms with E-state index in [1.54, 1.807) is 12.1 Å². The number of nitrogens with zero attached hydrogens (tertiary/aromatic N) is 5. The number of benzene rings is 1. The lowest BCUT2D eigenvalue weighted by molar-refractivity contribution is -0.144. The highest BCUT2D eigenvalue weighted by Gasteiger charge is 2.20. The number of hydrogen-bond acceptors (Lipinski definition) is 8. The van der Waals surface area contributed by atoms with Gasteiger partial charge in [0.1, 0.15) is 11.6 Å². The van der Waals surface area contributed by atoms with Crippen LogP contribution in [0.25, 0.3) is 5.65 Å². The second-order valence-electron chi connectivity index (χ2n) is 5.63. The quantitative estimate of drug-likeness (QED) is 0.604. The van der Waals surface area contributed by atoms with E-state index in [4.69, 9.17) is 9.47 Å². The molecule has 1 aromatic carbocycles. The van der Waals surface area contributed by atoms with Gasteiger partial charge in [-0.25, -0.2) is 0 Å². The summed E-state index contributed by atoms with van der Waals surface area (Å²) in [5.41, 5.74) is 1.57. The van der Waals surface area contributed by atoms with Gasteiger partial charge in [-0.3, -0.25) is 4.79 Å². The van der Waals surface area contributed by atoms with E-state index in [1.165, 1.54) is 11.7 Å². The molecule has 0 bridgehead atoms. The summed E-state index contributed by atoms with van der Waals surface area (Å²) in [5, 5.41) is 18.5. The second kappa shape index (κ2) is 8.24. The van der Waals surface area contributed by atoms with Crippen LogP contribution in [0.1, 0.15) is 12.5 Å². The number of carbonyl (C=O) groups excluding carboxylic acids is 1. The average molecular weight is 356 g/mol. The molecule has 1 unspecified atom stereocenters. The predicted molar refractivity (Wildman–Crippen MR) is 93.9 cm³/mol. The van der Waals surface area contributed by atoms with E-state index in [0.717, 1.165) is 11.3 Å². The fourth-order valence-electron chi connectivity index (χ4n) is 2.55. The number of fused-ring (bicyclic) bond motifs is 1. The highest BCUT2D eigenvalue weighted by atomic mass is 16.5. The lowest BCUT2D eigenvalue weighted by atomic mass is 9.99. The topological polar surface area (TPSA) is 104 Å². The Morgan fingerprint density at radius 2 is 2.04 bits per heavy atom. The van der Waals surface area contributed by atoms with Gasteiger partial charge in [0, 0.05) is 6.54 Å². The second-order valence-corrected chi connectivity index (χ2v) is 5.63. The number of hydrogen-bond donors (Lipinski definition) is 1. The van der Waals surface area contributed by atoms with Crippen molar-refractivity contribution in [2.75, 3.05) is 25.6 Å². The summed E-state index contributed by atoms with van der Waals surface area (Å²) < 4.78 is 11.7. The van der Waals surface area contributed by atoms with Crippen molar-refractivity contribution in [3.63, 3.8) is 0 Å². The van der Waals surface area contributed by atoms with Crippen LogP contribution in [0.3, 0.4) is 0 Å². The van der Waals surface area contributed by atoms with Gasteiger partial charge in [0.2, 0.25) is 0 Å². The largest absolute Gasteiger partial charge is 0.494 e. The van der Waals surface area contributed by atoms with E-state index in [0.29, 0.717) is 31.0 Å². The lowest BCUT2D eigenvalue weighted by Gasteiger charge is -2.16. The van der Waals surface area contributed by atoms with Crippen molar-refractivity contribution in [3.8, 4) is 5.75 Å². The van der Waals surface area contributed by atoms with Crippen molar-refractivity contribution in [3.05, 3.63) is 42.0 Å². The monoisotopic (exact) mass is 356 g/mol. The molecule has 0 aliphatic heterocycles. The van der Waals surface area contributed by atoms with Crippen molar-refractivity contribution in [2.24, 2.45) is 5.92 Å². The molecule has 0 fully saturated rings. The first-order chi connectivity index (χ1) is 12.7. The Morgan fingerprint density at radius 3 is 2.77 bits per heavy atom. The van der Waals surface area contributed by atoms with Crippen molar-refractivity contribution in [1.29, 1.82) is 0 Å². The van der Waals surface area contributed by atoms with Crippen molar-refractivity contribution < 1.29 is 14.3 Å². The van der Waals surface area contributed by atoms with Crippen LogP contribution in [0.2, 0.25) is 0 Å². The Labute approximate surface area is 150 Å². The molecule has 0 spiro atoms. The van der Waals surface area contributed by atoms with Crippen LogP contribution >= 0.6 is 0 Å². The van der Waals surface area contributed by atoms with Crippen molar-refractivity contribution in [2.45, 2.75) is 13.3 Å². The standard InChI is InChI=1S/C17H20N6O3/c1-3-26-14-6-4-12(5-7-14)10-13(17(24)25-2)11-18-15-8-9-16-19-21-22-23(16)20-15/h4-9,13H,3,10-11H2,1-2H3,(H,18,20). The van der Waals surface area contributed by atoms with Gasteiger partial charge in [0.15, 0.2) is 5.65 Å². The Bertz CT molecular complexity index is 864. The van der Waals surface area contributed by atoms with Crippen LogP contribution < -0.4 is 10.1 Å². The molecule has 136 valence electrons. The maximum atomic E-state index is 12.1. The molecule has 26 heavy (non-hydrogen) atoms. The van der Waals surface area contributed by atoms with Gasteiger partial charge >= 0.3 is 5.97 Å². The maximum Gasteiger partial charge on any atom is 0.310 e. The summed E-state index contributed by atoms with van der Waals surface area (Å²) in [6, 6.07) is 11.2. The van der Waals surface area contributed by atoms with Gasteiger partial charge in [-0.05, 0) is 53.6 Å². The van der Waals surface area contributed by atoms with E-state index in [-0.39, 0.29) is 11.9 Å². The molecule has 1 N–H and O–H groups in total. The average Bonchev–Trinajstić information content (AvgIpc) is 3.14. The van der Waals surface area contributed by atoms with Gasteiger partial charge in [-0.15, -0.1) is 14.8 Å². The first kappa shape index (κ1) is 17.6. The molecule has 3 rings (SSSR count). The molecule has 2 heterocycles. The van der Waals surface area contributed by atoms with Crippen LogP contribution in [-0.4, -0.2) is 51.5 Å². The number of carbonyl (C=O) groups is 1. The molecule has 0 saturated carbocycles. The number of nitrogens with one attached hydrogen (secondary N) is 1. The molecule has 0 aliphatic carbocycles. The summed E-state index contributed by atoms with van der Waals surface area (Å²) in [6.07, 6.45) is 0.541. The number of methoxy groups -OCH3 is 1. The third-order valence-corrected chi connectivity index (χ3v) is 3.85. The number of anilines is 1. The number of esters is 1. The van der Waals surface area contributed by atoms with Gasteiger partial charge in [-0.1, -0.05) is 12.1 Å². The minimum atomic E-state index is -0.357. The highest BCUT2D eigenvalue weighted by molar-refractivity contribution is 5.73. The maximum absolute atomic E-state index is 12.1. The molecule has 9 nitrogen and oxygen atoms in total. The third kappa shape index (κ3) is 4.24. The first-order valence-corrected chi connectivity index (χ1v) is 8.28. The molecule has 0 aliphatic rings. The molecular formula is C17H20N6O3. The highest BCUT2D eigenvalue weighted by Crippen LogP contribution is 2.17. The molecule has 0 amide bonds. The minimum absolute atomic E-state index is 0.283. The molecule has 2 aromatic heterocycles. The van der Waals surface area contributed by atoms with Gasteiger partial charge in [-0.2, -0.15) is 0 Å². The van der Waals surface area contributed by atoms with E-state index in [1.807, 2.05) is 31.2 Å². The fraction of sp³-hybridized carbons (Fsp3) is 0.353. The minimum Gasteiger partial charge on any atom is -0.494 e. The van der Waals surface area contributed by atoms with Gasteiger partial charge < -0.3 is 14.8 Å². The number of aromatic nitrogens is 5. The van der Waals surface area contributed by atoms with Crippen LogP contribution in [0.15, 0.2) is 36.4 Å². The molecule has 1 atom stereocenters. The predicted octanol–water partition coefficient (Wildman–Crippen LogP) is 1.36. The first-order valence-electron chi connectivity index (χ1n) is 8.28. The van der Waals surface area contributed by atoms with Crippen LogP contribution in [0.4, 0.5) is 5.82 Å². The van der Waals surface area contributed by atoms with Crippen LogP contribution in [0, 0.1) is 5.92 Å². The van der Waals surface area contributed by atoms with Crippen molar-refractivity contribution >= 4 is 17.4 Å². The molecule has 9 heteroatoms. The van der Waals surface area contributed by atoms with E-state index in [9.17, 15) is 4.79 Å². The molecule has 0 radical (unpaired) electrons. The summed E-state index contributed by atoms with van der Waals surface area (Å²) in [5.74, 6) is 0.743.